The summed E-state index contributed by atoms with van der Waals surface area (Å²) >= 11 is 0. The second kappa shape index (κ2) is 4.28. The summed E-state index contributed by atoms with van der Waals surface area (Å²) in [4.78, 5) is 0. The summed E-state index contributed by atoms with van der Waals surface area (Å²) in [5, 5.41) is 7.04. The van der Waals surface area contributed by atoms with Crippen LogP contribution < -0.4 is 10.6 Å². The lowest BCUT2D eigenvalue weighted by molar-refractivity contribution is 0.0236. The predicted molar refractivity (Wildman–Crippen MR) is 66.6 cm³/mol. The van der Waals surface area contributed by atoms with E-state index in [0.717, 1.165) is 32.7 Å². The molecule has 0 aromatic heterocycles. The SMILES string of the molecule is CC1(C)C(NCCC2CNCCO2)C1(C)C. The van der Waals surface area contributed by atoms with Crippen molar-refractivity contribution in [2.75, 3.05) is 26.2 Å². The first-order valence-electron chi connectivity index (χ1n) is 6.52. The highest BCUT2D eigenvalue weighted by molar-refractivity contribution is 5.17. The molecule has 1 heterocycles. The minimum atomic E-state index is 0.409. The van der Waals surface area contributed by atoms with E-state index in [0.29, 0.717) is 23.0 Å². The Hall–Kier alpha value is -0.120. The van der Waals surface area contributed by atoms with Crippen LogP contribution in [0, 0.1) is 10.8 Å². The van der Waals surface area contributed by atoms with Crippen molar-refractivity contribution in [1.82, 2.24) is 10.6 Å². The van der Waals surface area contributed by atoms with Crippen molar-refractivity contribution in [3.63, 3.8) is 0 Å². The molecule has 3 nitrogen and oxygen atoms in total. The second-order valence-electron chi connectivity index (χ2n) is 6.32. The molecule has 1 aliphatic carbocycles. The Morgan fingerprint density at radius 2 is 1.94 bits per heavy atom. The third kappa shape index (κ3) is 2.13. The van der Waals surface area contributed by atoms with Crippen LogP contribution in [0.25, 0.3) is 0 Å². The van der Waals surface area contributed by atoms with Crippen LogP contribution in [0.2, 0.25) is 0 Å². The van der Waals surface area contributed by atoms with Crippen molar-refractivity contribution in [1.29, 1.82) is 0 Å². The number of ether oxygens (including phenoxy) is 1. The Labute approximate surface area is 99.3 Å². The quantitative estimate of drug-likeness (QED) is 0.760. The van der Waals surface area contributed by atoms with Crippen molar-refractivity contribution in [3.8, 4) is 0 Å². The number of hydrogen-bond acceptors (Lipinski definition) is 3. The highest BCUT2D eigenvalue weighted by atomic mass is 16.5. The molecule has 2 fully saturated rings. The van der Waals surface area contributed by atoms with E-state index < -0.39 is 0 Å². The fourth-order valence-corrected chi connectivity index (χ4v) is 2.90. The van der Waals surface area contributed by atoms with E-state index >= 15 is 0 Å². The van der Waals surface area contributed by atoms with Crippen LogP contribution in [0.4, 0.5) is 0 Å². The fraction of sp³-hybridized carbons (Fsp3) is 1.00. The second-order valence-corrected chi connectivity index (χ2v) is 6.32. The van der Waals surface area contributed by atoms with Gasteiger partial charge in [-0.3, -0.25) is 0 Å². The first-order chi connectivity index (χ1) is 7.46. The molecule has 1 atom stereocenters. The molecule has 1 saturated carbocycles. The van der Waals surface area contributed by atoms with Gasteiger partial charge in [0.1, 0.15) is 0 Å². The van der Waals surface area contributed by atoms with Crippen LogP contribution in [0.1, 0.15) is 34.1 Å². The van der Waals surface area contributed by atoms with Gasteiger partial charge in [0, 0.05) is 19.1 Å². The van der Waals surface area contributed by atoms with E-state index in [1.54, 1.807) is 0 Å². The van der Waals surface area contributed by atoms with Crippen molar-refractivity contribution in [3.05, 3.63) is 0 Å². The Bertz CT molecular complexity index is 230. The van der Waals surface area contributed by atoms with Gasteiger partial charge in [-0.25, -0.2) is 0 Å². The smallest absolute Gasteiger partial charge is 0.0712 e. The first-order valence-corrected chi connectivity index (χ1v) is 6.52. The Kier molecular flexibility index (Phi) is 3.30. The summed E-state index contributed by atoms with van der Waals surface area (Å²) in [6, 6.07) is 0.663. The third-order valence-electron chi connectivity index (χ3n) is 4.84. The zero-order valence-corrected chi connectivity index (χ0v) is 11.1. The van der Waals surface area contributed by atoms with Gasteiger partial charge in [0.25, 0.3) is 0 Å². The van der Waals surface area contributed by atoms with Crippen LogP contribution in [0.15, 0.2) is 0 Å². The number of morpholine rings is 1. The maximum absolute atomic E-state index is 5.68. The first kappa shape index (κ1) is 12.3. The van der Waals surface area contributed by atoms with Crippen LogP contribution in [0.3, 0.4) is 0 Å². The third-order valence-corrected chi connectivity index (χ3v) is 4.84. The fourth-order valence-electron chi connectivity index (χ4n) is 2.90. The van der Waals surface area contributed by atoms with Crippen molar-refractivity contribution in [2.24, 2.45) is 10.8 Å². The predicted octanol–water partition coefficient (Wildman–Crippen LogP) is 1.39. The van der Waals surface area contributed by atoms with Gasteiger partial charge in [-0.05, 0) is 23.8 Å². The lowest BCUT2D eigenvalue weighted by atomic mass is 10.0. The number of hydrogen-bond donors (Lipinski definition) is 2. The molecule has 1 aliphatic heterocycles. The monoisotopic (exact) mass is 226 g/mol. The maximum Gasteiger partial charge on any atom is 0.0712 e. The summed E-state index contributed by atoms with van der Waals surface area (Å²) in [7, 11) is 0. The average molecular weight is 226 g/mol. The van der Waals surface area contributed by atoms with Crippen molar-refractivity contribution < 1.29 is 4.74 Å². The molecule has 0 aromatic carbocycles. The molecule has 2 N–H and O–H groups in total. The van der Waals surface area contributed by atoms with Gasteiger partial charge in [-0.2, -0.15) is 0 Å². The number of nitrogens with one attached hydrogen (secondary N) is 2. The summed E-state index contributed by atoms with van der Waals surface area (Å²) in [6.45, 7) is 13.4. The molecule has 1 unspecified atom stereocenters. The summed E-state index contributed by atoms with van der Waals surface area (Å²) in [5.74, 6) is 0. The van der Waals surface area contributed by atoms with Gasteiger partial charge in [0.2, 0.25) is 0 Å². The molecular weight excluding hydrogens is 200 g/mol. The van der Waals surface area contributed by atoms with Gasteiger partial charge in [-0.15, -0.1) is 0 Å². The van der Waals surface area contributed by atoms with Crippen LogP contribution in [-0.4, -0.2) is 38.4 Å². The molecular formula is C13H26N2O. The summed E-state index contributed by atoms with van der Waals surface area (Å²) in [5.41, 5.74) is 0.886. The molecule has 16 heavy (non-hydrogen) atoms. The van der Waals surface area contributed by atoms with E-state index in [9.17, 15) is 0 Å². The van der Waals surface area contributed by atoms with Gasteiger partial charge in [0.15, 0.2) is 0 Å². The molecule has 2 rings (SSSR count). The summed E-state index contributed by atoms with van der Waals surface area (Å²) in [6.07, 6.45) is 1.53. The van der Waals surface area contributed by atoms with E-state index in [2.05, 4.69) is 38.3 Å². The Balaban J connectivity index is 1.66. The average Bonchev–Trinajstić information content (AvgIpc) is 2.62. The highest BCUT2D eigenvalue weighted by Gasteiger charge is 2.64. The van der Waals surface area contributed by atoms with E-state index in [1.807, 2.05) is 0 Å². The van der Waals surface area contributed by atoms with Crippen LogP contribution >= 0.6 is 0 Å². The zero-order chi connectivity index (χ0) is 11.8. The normalized spacial score (nSPS) is 32.6. The van der Waals surface area contributed by atoms with Crippen LogP contribution in [0.5, 0.6) is 0 Å². The minimum absolute atomic E-state index is 0.409. The lowest BCUT2D eigenvalue weighted by Gasteiger charge is -2.23. The van der Waals surface area contributed by atoms with Gasteiger partial charge in [0.05, 0.1) is 12.7 Å². The molecule has 0 spiro atoms. The molecule has 3 heteroatoms. The minimum Gasteiger partial charge on any atom is -0.376 e. The molecule has 94 valence electrons. The molecule has 0 aromatic rings. The Morgan fingerprint density at radius 3 is 2.44 bits per heavy atom. The molecule has 1 saturated heterocycles. The van der Waals surface area contributed by atoms with Crippen molar-refractivity contribution >= 4 is 0 Å². The zero-order valence-electron chi connectivity index (χ0n) is 11.1. The highest BCUT2D eigenvalue weighted by Crippen LogP contribution is 2.62. The van der Waals surface area contributed by atoms with Gasteiger partial charge < -0.3 is 15.4 Å². The van der Waals surface area contributed by atoms with Gasteiger partial charge in [-0.1, -0.05) is 27.7 Å². The summed E-state index contributed by atoms with van der Waals surface area (Å²) < 4.78 is 5.68. The molecule has 0 radical (unpaired) electrons. The van der Waals surface area contributed by atoms with E-state index in [1.165, 1.54) is 0 Å². The van der Waals surface area contributed by atoms with Gasteiger partial charge >= 0.3 is 0 Å². The largest absolute Gasteiger partial charge is 0.376 e. The standard InChI is InChI=1S/C13H26N2O/c1-12(2)11(13(12,3)4)15-6-5-10-9-14-7-8-16-10/h10-11,14-15H,5-9H2,1-4H3. The molecule has 0 bridgehead atoms. The van der Waals surface area contributed by atoms with E-state index in [-0.39, 0.29) is 0 Å². The topological polar surface area (TPSA) is 33.3 Å². The molecule has 0 amide bonds. The maximum atomic E-state index is 5.68. The van der Waals surface area contributed by atoms with Crippen LogP contribution in [-0.2, 0) is 4.74 Å². The molecule has 2 aliphatic rings. The van der Waals surface area contributed by atoms with Crippen molar-refractivity contribution in [2.45, 2.75) is 46.3 Å². The number of rotatable bonds is 4. The Morgan fingerprint density at radius 1 is 1.25 bits per heavy atom. The van der Waals surface area contributed by atoms with E-state index in [4.69, 9.17) is 4.74 Å². The lowest BCUT2D eigenvalue weighted by Crippen LogP contribution is -2.40.